The van der Waals surface area contributed by atoms with E-state index < -0.39 is 0 Å². The zero-order valence-corrected chi connectivity index (χ0v) is 13.9. The quantitative estimate of drug-likeness (QED) is 0.818. The third kappa shape index (κ3) is 3.11. The molecule has 0 saturated heterocycles. The van der Waals surface area contributed by atoms with Crippen LogP contribution in [0.4, 0.5) is 5.69 Å². The average Bonchev–Trinajstić information content (AvgIpc) is 2.79. The van der Waals surface area contributed by atoms with Crippen LogP contribution in [0.3, 0.4) is 0 Å². The van der Waals surface area contributed by atoms with Gasteiger partial charge >= 0.3 is 0 Å². The molecule has 3 nitrogen and oxygen atoms in total. The number of nitrogen functional groups attached to an aromatic ring is 1. The SMILES string of the molecule is Cc1ccc2c(c1)CC(COc1c(N)cc(Cl)cc1Br)O2. The number of ether oxygens (including phenoxy) is 2. The lowest BCUT2D eigenvalue weighted by Crippen LogP contribution is -2.22. The highest BCUT2D eigenvalue weighted by atomic mass is 79.9. The molecule has 0 aromatic heterocycles. The fraction of sp³-hybridized carbons (Fsp3) is 0.250. The second kappa shape index (κ2) is 5.78. The first-order chi connectivity index (χ1) is 10.0. The normalized spacial score (nSPS) is 16.4. The lowest BCUT2D eigenvalue weighted by Gasteiger charge is -2.15. The topological polar surface area (TPSA) is 44.5 Å². The Morgan fingerprint density at radius 1 is 1.38 bits per heavy atom. The summed E-state index contributed by atoms with van der Waals surface area (Å²) in [5.41, 5.74) is 8.91. The van der Waals surface area contributed by atoms with Crippen LogP contribution in [-0.4, -0.2) is 12.7 Å². The van der Waals surface area contributed by atoms with Crippen LogP contribution >= 0.6 is 27.5 Å². The van der Waals surface area contributed by atoms with Crippen LogP contribution in [0.15, 0.2) is 34.8 Å². The Bertz CT molecular complexity index is 667. The minimum absolute atomic E-state index is 0.00350. The van der Waals surface area contributed by atoms with Crippen LogP contribution in [0.2, 0.25) is 5.02 Å². The number of hydrogen-bond acceptors (Lipinski definition) is 3. The number of halogens is 2. The molecule has 0 radical (unpaired) electrons. The summed E-state index contributed by atoms with van der Waals surface area (Å²) in [5.74, 6) is 1.55. The van der Waals surface area contributed by atoms with Crippen LogP contribution in [0.1, 0.15) is 11.1 Å². The number of nitrogens with two attached hydrogens (primary N) is 1. The molecule has 1 atom stereocenters. The lowest BCUT2D eigenvalue weighted by atomic mass is 10.1. The van der Waals surface area contributed by atoms with E-state index in [0.29, 0.717) is 23.1 Å². The number of aryl methyl sites for hydroxylation is 1. The molecular weight excluding hydrogens is 354 g/mol. The number of benzene rings is 2. The van der Waals surface area contributed by atoms with Gasteiger partial charge in [0.05, 0.1) is 10.2 Å². The van der Waals surface area contributed by atoms with E-state index in [0.717, 1.165) is 16.6 Å². The van der Waals surface area contributed by atoms with E-state index in [2.05, 4.69) is 35.0 Å². The van der Waals surface area contributed by atoms with Crippen molar-refractivity contribution in [2.24, 2.45) is 0 Å². The zero-order chi connectivity index (χ0) is 15.0. The molecule has 0 saturated carbocycles. The molecule has 1 heterocycles. The van der Waals surface area contributed by atoms with E-state index in [4.69, 9.17) is 26.8 Å². The van der Waals surface area contributed by atoms with Gasteiger partial charge in [-0.05, 0) is 46.6 Å². The summed E-state index contributed by atoms with van der Waals surface area (Å²) in [6.45, 7) is 2.52. The fourth-order valence-electron chi connectivity index (χ4n) is 2.45. The Balaban J connectivity index is 1.68. The minimum atomic E-state index is 0.00350. The van der Waals surface area contributed by atoms with Gasteiger partial charge in [0.15, 0.2) is 5.75 Å². The van der Waals surface area contributed by atoms with Crippen LogP contribution in [-0.2, 0) is 6.42 Å². The first-order valence-corrected chi connectivity index (χ1v) is 7.83. The third-order valence-corrected chi connectivity index (χ3v) is 4.22. The van der Waals surface area contributed by atoms with Gasteiger partial charge in [0, 0.05) is 11.4 Å². The zero-order valence-electron chi connectivity index (χ0n) is 11.5. The molecule has 21 heavy (non-hydrogen) atoms. The van der Waals surface area contributed by atoms with Crippen molar-refractivity contribution in [1.29, 1.82) is 0 Å². The van der Waals surface area contributed by atoms with Gasteiger partial charge in [0.2, 0.25) is 0 Å². The minimum Gasteiger partial charge on any atom is -0.486 e. The predicted octanol–water partition coefficient (Wildman–Crippen LogP) is 4.38. The average molecular weight is 369 g/mol. The largest absolute Gasteiger partial charge is 0.486 e. The van der Waals surface area contributed by atoms with Crippen molar-refractivity contribution >= 4 is 33.2 Å². The Morgan fingerprint density at radius 2 is 2.19 bits per heavy atom. The molecule has 3 rings (SSSR count). The molecule has 0 bridgehead atoms. The van der Waals surface area contributed by atoms with E-state index in [1.54, 1.807) is 12.1 Å². The second-order valence-electron chi connectivity index (χ2n) is 5.17. The van der Waals surface area contributed by atoms with Gasteiger partial charge in [0.25, 0.3) is 0 Å². The van der Waals surface area contributed by atoms with Gasteiger partial charge in [-0.25, -0.2) is 0 Å². The summed E-state index contributed by atoms with van der Waals surface area (Å²) >= 11 is 9.35. The maximum absolute atomic E-state index is 5.93. The Hall–Kier alpha value is -1.39. The Labute approximate surface area is 137 Å². The molecule has 5 heteroatoms. The third-order valence-electron chi connectivity index (χ3n) is 3.41. The van der Waals surface area contributed by atoms with Crippen molar-refractivity contribution in [2.75, 3.05) is 12.3 Å². The molecule has 0 aliphatic carbocycles. The molecule has 1 aliphatic heterocycles. The van der Waals surface area contributed by atoms with Gasteiger partial charge in [-0.2, -0.15) is 0 Å². The Kier molecular flexibility index (Phi) is 4.00. The van der Waals surface area contributed by atoms with E-state index in [-0.39, 0.29) is 6.10 Å². The molecule has 110 valence electrons. The van der Waals surface area contributed by atoms with Gasteiger partial charge < -0.3 is 15.2 Å². The van der Waals surface area contributed by atoms with Gasteiger partial charge in [0.1, 0.15) is 18.5 Å². The molecule has 1 unspecified atom stereocenters. The standard InChI is InChI=1S/C16H15BrClNO2/c1-9-2-3-15-10(4-9)5-12(21-15)8-20-16-13(17)6-11(18)7-14(16)19/h2-4,6-7,12H,5,8,19H2,1H3. The first-order valence-electron chi connectivity index (χ1n) is 6.66. The lowest BCUT2D eigenvalue weighted by molar-refractivity contribution is 0.148. The van der Waals surface area contributed by atoms with Crippen LogP contribution in [0.25, 0.3) is 0 Å². The summed E-state index contributed by atoms with van der Waals surface area (Å²) in [6, 6.07) is 9.66. The number of hydrogen-bond donors (Lipinski definition) is 1. The maximum Gasteiger partial charge on any atom is 0.156 e. The summed E-state index contributed by atoms with van der Waals surface area (Å²) in [5, 5.41) is 0.576. The molecule has 2 N–H and O–H groups in total. The smallest absolute Gasteiger partial charge is 0.156 e. The predicted molar refractivity (Wildman–Crippen MR) is 88.4 cm³/mol. The molecule has 0 fully saturated rings. The molecule has 0 amide bonds. The molecule has 2 aromatic rings. The fourth-order valence-corrected chi connectivity index (χ4v) is 3.40. The highest BCUT2D eigenvalue weighted by molar-refractivity contribution is 9.10. The monoisotopic (exact) mass is 367 g/mol. The first kappa shape index (κ1) is 14.5. The van der Waals surface area contributed by atoms with Crippen molar-refractivity contribution < 1.29 is 9.47 Å². The number of fused-ring (bicyclic) bond motifs is 1. The van der Waals surface area contributed by atoms with Crippen molar-refractivity contribution in [3.8, 4) is 11.5 Å². The van der Waals surface area contributed by atoms with Gasteiger partial charge in [-0.15, -0.1) is 0 Å². The summed E-state index contributed by atoms with van der Waals surface area (Å²) in [6.07, 6.45) is 0.853. The second-order valence-corrected chi connectivity index (χ2v) is 6.46. The summed E-state index contributed by atoms with van der Waals surface area (Å²) in [7, 11) is 0. The van der Waals surface area contributed by atoms with E-state index in [1.165, 1.54) is 11.1 Å². The highest BCUT2D eigenvalue weighted by Gasteiger charge is 2.24. The summed E-state index contributed by atoms with van der Waals surface area (Å²) < 4.78 is 12.4. The maximum atomic E-state index is 5.93. The van der Waals surface area contributed by atoms with Gasteiger partial charge in [-0.3, -0.25) is 0 Å². The Morgan fingerprint density at radius 3 is 2.95 bits per heavy atom. The van der Waals surface area contributed by atoms with E-state index in [1.807, 2.05) is 6.07 Å². The van der Waals surface area contributed by atoms with Crippen LogP contribution in [0, 0.1) is 6.92 Å². The molecule has 1 aliphatic rings. The van der Waals surface area contributed by atoms with Crippen LogP contribution < -0.4 is 15.2 Å². The van der Waals surface area contributed by atoms with Crippen molar-refractivity contribution in [3.63, 3.8) is 0 Å². The molecular formula is C16H15BrClNO2. The molecule has 0 spiro atoms. The summed E-state index contributed by atoms with van der Waals surface area (Å²) in [4.78, 5) is 0. The number of anilines is 1. The molecule has 2 aromatic carbocycles. The van der Waals surface area contributed by atoms with Crippen molar-refractivity contribution in [2.45, 2.75) is 19.4 Å². The highest BCUT2D eigenvalue weighted by Crippen LogP contribution is 2.35. The van der Waals surface area contributed by atoms with Gasteiger partial charge in [-0.1, -0.05) is 29.3 Å². The van der Waals surface area contributed by atoms with Crippen molar-refractivity contribution in [1.82, 2.24) is 0 Å². The van der Waals surface area contributed by atoms with E-state index >= 15 is 0 Å². The van der Waals surface area contributed by atoms with E-state index in [9.17, 15) is 0 Å². The van der Waals surface area contributed by atoms with Crippen molar-refractivity contribution in [3.05, 3.63) is 51.0 Å². The number of rotatable bonds is 3. The van der Waals surface area contributed by atoms with Crippen LogP contribution in [0.5, 0.6) is 11.5 Å².